The van der Waals surface area contributed by atoms with Crippen LogP contribution in [0.3, 0.4) is 0 Å². The summed E-state index contributed by atoms with van der Waals surface area (Å²) in [6.07, 6.45) is 4.69. The Morgan fingerprint density at radius 3 is 2.63 bits per heavy atom. The topological polar surface area (TPSA) is 78.1 Å². The molecular formula is C13H20N4O2. The molecule has 6 heteroatoms. The van der Waals surface area contributed by atoms with E-state index in [1.54, 1.807) is 12.4 Å². The number of carbonyl (C=O) groups excluding carboxylic acids is 2. The first-order chi connectivity index (χ1) is 9.08. The van der Waals surface area contributed by atoms with Crippen LogP contribution in [0.1, 0.15) is 26.7 Å². The standard InChI is InChI=1S/C13H20N4O2/c1-9(2)12(19)17-7-3-10(4-8-17)11(18)16-13-14-5-6-15-13/h5-6,9-10H,3-4,7-8H2,1-2H3,(H2,14,15,16,18). The summed E-state index contributed by atoms with van der Waals surface area (Å²) in [5.74, 6) is 0.608. The van der Waals surface area contributed by atoms with Gasteiger partial charge in [-0.3, -0.25) is 14.9 Å². The number of likely N-dealkylation sites (tertiary alicyclic amines) is 1. The molecule has 6 nitrogen and oxygen atoms in total. The molecule has 1 aliphatic rings. The fraction of sp³-hybridized carbons (Fsp3) is 0.615. The molecule has 0 radical (unpaired) electrons. The monoisotopic (exact) mass is 264 g/mol. The number of rotatable bonds is 3. The van der Waals surface area contributed by atoms with Gasteiger partial charge in [-0.1, -0.05) is 13.8 Å². The van der Waals surface area contributed by atoms with Crippen molar-refractivity contribution in [2.45, 2.75) is 26.7 Å². The Kier molecular flexibility index (Phi) is 4.19. The molecule has 0 spiro atoms. The minimum Gasteiger partial charge on any atom is -0.342 e. The molecule has 0 unspecified atom stereocenters. The second-order valence-electron chi connectivity index (χ2n) is 5.18. The molecular weight excluding hydrogens is 244 g/mol. The lowest BCUT2D eigenvalue weighted by Crippen LogP contribution is -2.43. The van der Waals surface area contributed by atoms with Crippen LogP contribution < -0.4 is 5.32 Å². The van der Waals surface area contributed by atoms with Crippen LogP contribution in [0.4, 0.5) is 5.95 Å². The number of aromatic nitrogens is 2. The van der Waals surface area contributed by atoms with E-state index in [1.807, 2.05) is 18.7 Å². The smallest absolute Gasteiger partial charge is 0.229 e. The Morgan fingerprint density at radius 1 is 1.42 bits per heavy atom. The Bertz CT molecular complexity index is 434. The minimum atomic E-state index is -0.0405. The molecule has 2 heterocycles. The number of H-pyrrole nitrogens is 1. The number of hydrogen-bond donors (Lipinski definition) is 2. The van der Waals surface area contributed by atoms with Gasteiger partial charge in [-0.2, -0.15) is 0 Å². The molecule has 0 aliphatic carbocycles. The Labute approximate surface area is 112 Å². The molecule has 0 atom stereocenters. The van der Waals surface area contributed by atoms with Crippen molar-refractivity contribution in [2.75, 3.05) is 18.4 Å². The third-order valence-corrected chi connectivity index (χ3v) is 3.41. The van der Waals surface area contributed by atoms with Crippen molar-refractivity contribution in [1.82, 2.24) is 14.9 Å². The zero-order valence-electron chi connectivity index (χ0n) is 11.3. The number of anilines is 1. The van der Waals surface area contributed by atoms with Crippen LogP contribution in [-0.2, 0) is 9.59 Å². The number of amides is 2. The second kappa shape index (κ2) is 5.86. The van der Waals surface area contributed by atoms with Gasteiger partial charge in [0.2, 0.25) is 17.8 Å². The predicted molar refractivity (Wildman–Crippen MR) is 71.4 cm³/mol. The minimum absolute atomic E-state index is 0.0217. The number of nitrogens with zero attached hydrogens (tertiary/aromatic N) is 2. The van der Waals surface area contributed by atoms with Crippen LogP contribution in [0, 0.1) is 11.8 Å². The summed E-state index contributed by atoms with van der Waals surface area (Å²) < 4.78 is 0. The lowest BCUT2D eigenvalue weighted by atomic mass is 9.95. The summed E-state index contributed by atoms with van der Waals surface area (Å²) in [5, 5.41) is 2.75. The maximum atomic E-state index is 12.0. The van der Waals surface area contributed by atoms with E-state index in [1.165, 1.54) is 0 Å². The van der Waals surface area contributed by atoms with E-state index >= 15 is 0 Å². The van der Waals surface area contributed by atoms with Gasteiger partial charge in [-0.15, -0.1) is 0 Å². The zero-order chi connectivity index (χ0) is 13.8. The lowest BCUT2D eigenvalue weighted by Gasteiger charge is -2.32. The summed E-state index contributed by atoms with van der Waals surface area (Å²) in [4.78, 5) is 32.5. The SMILES string of the molecule is CC(C)C(=O)N1CCC(C(=O)Nc2ncc[nH]2)CC1. The third-order valence-electron chi connectivity index (χ3n) is 3.41. The summed E-state index contributed by atoms with van der Waals surface area (Å²) in [6.45, 7) is 5.12. The summed E-state index contributed by atoms with van der Waals surface area (Å²) in [7, 11) is 0. The highest BCUT2D eigenvalue weighted by molar-refractivity contribution is 5.91. The van der Waals surface area contributed by atoms with E-state index in [9.17, 15) is 9.59 Å². The first-order valence-corrected chi connectivity index (χ1v) is 6.67. The lowest BCUT2D eigenvalue weighted by molar-refractivity contribution is -0.137. The van der Waals surface area contributed by atoms with Gasteiger partial charge in [0.25, 0.3) is 0 Å². The van der Waals surface area contributed by atoms with Gasteiger partial charge in [0.15, 0.2) is 0 Å². The van der Waals surface area contributed by atoms with Crippen molar-refractivity contribution in [3.63, 3.8) is 0 Å². The van der Waals surface area contributed by atoms with E-state index in [0.29, 0.717) is 31.9 Å². The van der Waals surface area contributed by atoms with Gasteiger partial charge in [0, 0.05) is 37.3 Å². The van der Waals surface area contributed by atoms with Crippen LogP contribution >= 0.6 is 0 Å². The second-order valence-corrected chi connectivity index (χ2v) is 5.18. The van der Waals surface area contributed by atoms with Crippen LogP contribution in [0.2, 0.25) is 0 Å². The number of aromatic amines is 1. The molecule has 0 saturated carbocycles. The predicted octanol–water partition coefficient (Wildman–Crippen LogP) is 1.24. The van der Waals surface area contributed by atoms with Gasteiger partial charge in [0.1, 0.15) is 0 Å². The van der Waals surface area contributed by atoms with Crippen LogP contribution in [-0.4, -0.2) is 39.8 Å². The van der Waals surface area contributed by atoms with Crippen LogP contribution in [0.25, 0.3) is 0 Å². The number of imidazole rings is 1. The van der Waals surface area contributed by atoms with Gasteiger partial charge >= 0.3 is 0 Å². The molecule has 19 heavy (non-hydrogen) atoms. The molecule has 2 N–H and O–H groups in total. The molecule has 104 valence electrons. The highest BCUT2D eigenvalue weighted by Gasteiger charge is 2.28. The normalized spacial score (nSPS) is 16.7. The van der Waals surface area contributed by atoms with Crippen molar-refractivity contribution in [1.29, 1.82) is 0 Å². The average molecular weight is 264 g/mol. The van der Waals surface area contributed by atoms with Crippen molar-refractivity contribution in [3.8, 4) is 0 Å². The maximum absolute atomic E-state index is 12.0. The molecule has 1 aromatic heterocycles. The number of piperidine rings is 1. The quantitative estimate of drug-likeness (QED) is 0.862. The van der Waals surface area contributed by atoms with Gasteiger partial charge in [-0.25, -0.2) is 4.98 Å². The highest BCUT2D eigenvalue weighted by atomic mass is 16.2. The Morgan fingerprint density at radius 2 is 2.11 bits per heavy atom. The number of hydrogen-bond acceptors (Lipinski definition) is 3. The van der Waals surface area contributed by atoms with Crippen LogP contribution in [0.5, 0.6) is 0 Å². The number of carbonyl (C=O) groups is 2. The van der Waals surface area contributed by atoms with E-state index in [4.69, 9.17) is 0 Å². The zero-order valence-corrected chi connectivity index (χ0v) is 11.3. The van der Waals surface area contributed by atoms with E-state index < -0.39 is 0 Å². The first-order valence-electron chi connectivity index (χ1n) is 6.67. The van der Waals surface area contributed by atoms with E-state index in [2.05, 4.69) is 15.3 Å². The average Bonchev–Trinajstić information content (AvgIpc) is 2.90. The third kappa shape index (κ3) is 3.33. The maximum Gasteiger partial charge on any atom is 0.229 e. The highest BCUT2D eigenvalue weighted by Crippen LogP contribution is 2.20. The Balaban J connectivity index is 1.83. The molecule has 1 aromatic rings. The molecule has 2 amide bonds. The fourth-order valence-corrected chi connectivity index (χ4v) is 2.28. The molecule has 1 saturated heterocycles. The van der Waals surface area contributed by atoms with Crippen molar-refractivity contribution >= 4 is 17.8 Å². The van der Waals surface area contributed by atoms with Crippen molar-refractivity contribution < 1.29 is 9.59 Å². The van der Waals surface area contributed by atoms with Crippen LogP contribution in [0.15, 0.2) is 12.4 Å². The van der Waals surface area contributed by atoms with Gasteiger partial charge in [-0.05, 0) is 12.8 Å². The fourth-order valence-electron chi connectivity index (χ4n) is 2.28. The van der Waals surface area contributed by atoms with Crippen molar-refractivity contribution in [2.24, 2.45) is 11.8 Å². The first kappa shape index (κ1) is 13.6. The number of nitrogens with one attached hydrogen (secondary N) is 2. The Hall–Kier alpha value is -1.85. The summed E-state index contributed by atoms with van der Waals surface area (Å²) in [5.41, 5.74) is 0. The molecule has 0 bridgehead atoms. The van der Waals surface area contributed by atoms with Gasteiger partial charge in [0.05, 0.1) is 0 Å². The molecule has 1 aliphatic heterocycles. The largest absolute Gasteiger partial charge is 0.342 e. The molecule has 0 aromatic carbocycles. The van der Waals surface area contributed by atoms with E-state index in [-0.39, 0.29) is 23.7 Å². The van der Waals surface area contributed by atoms with Crippen molar-refractivity contribution in [3.05, 3.63) is 12.4 Å². The molecule has 2 rings (SSSR count). The van der Waals surface area contributed by atoms with E-state index in [0.717, 1.165) is 0 Å². The molecule has 1 fully saturated rings. The summed E-state index contributed by atoms with van der Waals surface area (Å²) in [6, 6.07) is 0. The van der Waals surface area contributed by atoms with Gasteiger partial charge < -0.3 is 9.88 Å². The summed E-state index contributed by atoms with van der Waals surface area (Å²) >= 11 is 0.